The summed E-state index contributed by atoms with van der Waals surface area (Å²) >= 11 is 9.58. The average Bonchev–Trinajstić information content (AvgIpc) is 3.88. The Hall–Kier alpha value is -4.47. The number of benzene rings is 2. The van der Waals surface area contributed by atoms with Gasteiger partial charge in [0.2, 0.25) is 5.91 Å². The van der Waals surface area contributed by atoms with Gasteiger partial charge in [-0.15, -0.1) is 11.8 Å². The Labute approximate surface area is 354 Å². The Bertz CT molecular complexity index is 2370. The van der Waals surface area contributed by atoms with Crippen molar-refractivity contribution >= 4 is 63.7 Å². The van der Waals surface area contributed by atoms with Crippen molar-refractivity contribution in [2.75, 3.05) is 17.5 Å². The Morgan fingerprint density at radius 3 is 2.40 bits per heavy atom. The third-order valence-electron chi connectivity index (χ3n) is 9.87. The van der Waals surface area contributed by atoms with Crippen LogP contribution in [0, 0.1) is 34.8 Å². The summed E-state index contributed by atoms with van der Waals surface area (Å²) in [4.78, 5) is 18.7. The van der Waals surface area contributed by atoms with Crippen LogP contribution in [0.5, 0.6) is 0 Å². The van der Waals surface area contributed by atoms with Crippen LogP contribution >= 0.6 is 35.3 Å². The van der Waals surface area contributed by atoms with Gasteiger partial charge in [0.05, 0.1) is 44.7 Å². The summed E-state index contributed by atoms with van der Waals surface area (Å²) in [6.45, 7) is 3.33. The highest BCUT2D eigenvalue weighted by atomic mass is 35.5. The molecule has 1 unspecified atom stereocenters. The lowest BCUT2D eigenvalue weighted by molar-refractivity contribution is -0.121. The first-order valence-electron chi connectivity index (χ1n) is 18.7. The lowest BCUT2D eigenvalue weighted by Crippen LogP contribution is -2.40. The minimum atomic E-state index is -3.66. The number of alkyl halides is 6. The van der Waals surface area contributed by atoms with Crippen LogP contribution in [0.15, 0.2) is 53.7 Å². The molecular weight excluding hydrogens is 858 g/mol. The molecule has 1 saturated carbocycles. The molecule has 2 atom stereocenters. The topological polar surface area (TPSA) is 108 Å². The van der Waals surface area contributed by atoms with Crippen LogP contribution in [0.25, 0.3) is 22.0 Å². The van der Waals surface area contributed by atoms with Crippen molar-refractivity contribution in [1.29, 1.82) is 5.41 Å². The van der Waals surface area contributed by atoms with Crippen molar-refractivity contribution in [2.45, 2.75) is 87.8 Å². The van der Waals surface area contributed by atoms with Gasteiger partial charge in [-0.25, -0.2) is 31.3 Å². The fourth-order valence-corrected chi connectivity index (χ4v) is 8.02. The lowest BCUT2D eigenvalue weighted by Gasteiger charge is -2.24. The number of fused-ring (bicyclic) bond motifs is 1. The number of halogens is 9. The van der Waals surface area contributed by atoms with E-state index in [1.54, 1.807) is 24.3 Å². The first kappa shape index (κ1) is 45.1. The Morgan fingerprint density at radius 2 is 1.77 bits per heavy atom. The lowest BCUT2D eigenvalue weighted by atomic mass is 9.93. The van der Waals surface area contributed by atoms with Gasteiger partial charge in [0.15, 0.2) is 5.82 Å². The van der Waals surface area contributed by atoms with Crippen molar-refractivity contribution in [1.82, 2.24) is 25.4 Å². The van der Waals surface area contributed by atoms with Gasteiger partial charge in [-0.3, -0.25) is 14.9 Å². The monoisotopic (exact) mass is 897 g/mol. The number of pyridine rings is 1. The van der Waals surface area contributed by atoms with E-state index in [1.807, 2.05) is 20.1 Å². The molecule has 2 aliphatic rings. The molecule has 2 aliphatic carbocycles. The summed E-state index contributed by atoms with van der Waals surface area (Å²) in [5.41, 5.74) is -1.83. The van der Waals surface area contributed by atoms with Gasteiger partial charge in [0.1, 0.15) is 29.6 Å². The van der Waals surface area contributed by atoms with E-state index in [2.05, 4.69) is 32.3 Å². The largest absolute Gasteiger partial charge is 0.374 e. The number of amides is 1. The van der Waals surface area contributed by atoms with Crippen molar-refractivity contribution in [2.24, 2.45) is 5.92 Å². The normalized spacial score (nSPS) is 16.9. The van der Waals surface area contributed by atoms with Gasteiger partial charge in [0, 0.05) is 34.4 Å². The molecule has 0 aliphatic heterocycles. The van der Waals surface area contributed by atoms with Gasteiger partial charge in [-0.2, -0.15) is 13.9 Å². The molecule has 0 spiro atoms. The molecule has 0 radical (unpaired) electrons. The van der Waals surface area contributed by atoms with Crippen LogP contribution in [-0.4, -0.2) is 68.0 Å². The second kappa shape index (κ2) is 18.3. The maximum atomic E-state index is 15.1. The Morgan fingerprint density at radius 1 is 1.08 bits per heavy atom. The summed E-state index contributed by atoms with van der Waals surface area (Å²) in [7, 11) is 0. The molecule has 8 nitrogen and oxygen atoms in total. The number of anilines is 1. The number of hydrogen-bond acceptors (Lipinski definition) is 8. The van der Waals surface area contributed by atoms with Crippen molar-refractivity contribution < 1.29 is 39.9 Å². The van der Waals surface area contributed by atoms with E-state index in [-0.39, 0.29) is 45.3 Å². The van der Waals surface area contributed by atoms with Crippen LogP contribution < -0.4 is 15.4 Å². The third kappa shape index (κ3) is 10.5. The number of rotatable bonds is 16. The van der Waals surface area contributed by atoms with E-state index >= 15 is 8.78 Å². The summed E-state index contributed by atoms with van der Waals surface area (Å²) < 4.78 is 119. The molecule has 0 saturated heterocycles. The highest BCUT2D eigenvalue weighted by Crippen LogP contribution is 2.44. The first-order valence-corrected chi connectivity index (χ1v) is 21.2. The number of carbonyl (C=O) groups excluding carboxylic acids is 1. The summed E-state index contributed by atoms with van der Waals surface area (Å²) in [5, 5.41) is 18.1. The maximum Gasteiger partial charge on any atom is 0.288 e. The second-order valence-electron chi connectivity index (χ2n) is 15.0. The minimum Gasteiger partial charge on any atom is -0.374 e. The second-order valence-corrected chi connectivity index (χ2v) is 18.0. The van der Waals surface area contributed by atoms with E-state index < -0.39 is 89.5 Å². The standard InChI is InChI=1S/C41H40ClF8N7OS2/c1-20-17-41(49,50)37(32(20)34(51)38(47)48)52-18-31(58)54-29(15-21-13-22(43)16-23(44)14-21)35-26(8-5-24(53-35)11-12-40(2,3)59-4)27-9-10-28(42)33-36(27)57(19-30(45)46)55-39(33)56-60-25-6-7-25/h5,8-10,13-14,16,20,25,29-30,38,51-52H,6-7,15,17-19H2,1-4H3,(H,54,58)(H,55,56)/t20-,29?/m0/s1. The summed E-state index contributed by atoms with van der Waals surface area (Å²) in [5.74, 6) is -1.21. The molecule has 6 rings (SSSR count). The quantitative estimate of drug-likeness (QED) is 0.0384. The number of thioether (sulfide) groups is 1. The van der Waals surface area contributed by atoms with Gasteiger partial charge < -0.3 is 15.4 Å². The SMILES string of the molecule is CSC(C)(C)C#Cc1ccc(-c2ccc(Cl)c3c(NSC4CC4)nn(CC(F)F)c23)c(C(Cc2cc(F)cc(F)c2)NC(=O)CNC2=C(C(=N)C(F)F)[C@@H](C)CC2(F)F)n1. The summed E-state index contributed by atoms with van der Waals surface area (Å²) in [6.07, 6.45) is -3.59. The van der Waals surface area contributed by atoms with E-state index in [4.69, 9.17) is 22.0 Å². The van der Waals surface area contributed by atoms with Crippen LogP contribution in [0.4, 0.5) is 40.9 Å². The molecule has 1 amide bonds. The average molecular weight is 898 g/mol. The highest BCUT2D eigenvalue weighted by Gasteiger charge is 2.48. The third-order valence-corrected chi connectivity index (χ3v) is 12.4. The van der Waals surface area contributed by atoms with E-state index in [1.165, 1.54) is 30.6 Å². The van der Waals surface area contributed by atoms with E-state index in [9.17, 15) is 31.1 Å². The maximum absolute atomic E-state index is 15.1. The first-order chi connectivity index (χ1) is 28.3. The van der Waals surface area contributed by atoms with Crippen molar-refractivity contribution in [3.8, 4) is 23.0 Å². The highest BCUT2D eigenvalue weighted by molar-refractivity contribution is 8.01. The number of hydrogen-bond donors (Lipinski definition) is 4. The molecule has 320 valence electrons. The zero-order chi connectivity index (χ0) is 43.7. The van der Waals surface area contributed by atoms with E-state index in [0.29, 0.717) is 22.3 Å². The molecule has 19 heteroatoms. The molecular formula is C41H40ClF8N7OS2. The molecule has 0 bridgehead atoms. The van der Waals surface area contributed by atoms with Gasteiger partial charge in [-0.05, 0) is 99.0 Å². The molecule has 1 fully saturated rings. The molecule has 4 aromatic rings. The van der Waals surface area contributed by atoms with Crippen LogP contribution in [0.1, 0.15) is 63.0 Å². The van der Waals surface area contributed by atoms with Crippen molar-refractivity contribution in [3.05, 3.63) is 87.3 Å². The zero-order valence-corrected chi connectivity index (χ0v) is 35.0. The molecule has 2 aromatic heterocycles. The van der Waals surface area contributed by atoms with Crippen LogP contribution in [-0.2, 0) is 17.8 Å². The predicted molar refractivity (Wildman–Crippen MR) is 221 cm³/mol. The van der Waals surface area contributed by atoms with Gasteiger partial charge in [0.25, 0.3) is 18.8 Å². The number of allylic oxidation sites excluding steroid dienone is 2. The minimum absolute atomic E-state index is 0.0521. The predicted octanol–water partition coefficient (Wildman–Crippen LogP) is 10.2. The van der Waals surface area contributed by atoms with E-state index in [0.717, 1.165) is 29.7 Å². The summed E-state index contributed by atoms with van der Waals surface area (Å²) in [6, 6.07) is 7.71. The zero-order valence-electron chi connectivity index (χ0n) is 32.6. The van der Waals surface area contributed by atoms with Gasteiger partial charge >= 0.3 is 0 Å². The smallest absolute Gasteiger partial charge is 0.288 e. The van der Waals surface area contributed by atoms with Gasteiger partial charge in [-0.1, -0.05) is 30.5 Å². The number of nitrogens with zero attached hydrogens (tertiary/aromatic N) is 3. The fourth-order valence-electron chi connectivity index (χ4n) is 6.83. The fraction of sp³-hybridized carbons (Fsp3) is 0.415. The molecule has 60 heavy (non-hydrogen) atoms. The molecule has 4 N–H and O–H groups in total. The number of nitrogens with one attached hydrogen (secondary N) is 4. The number of aromatic nitrogens is 3. The molecule has 2 heterocycles. The van der Waals surface area contributed by atoms with Crippen molar-refractivity contribution in [3.63, 3.8) is 0 Å². The van der Waals surface area contributed by atoms with Crippen LogP contribution in [0.2, 0.25) is 5.02 Å². The Kier molecular flexibility index (Phi) is 13.7. The van der Waals surface area contributed by atoms with Crippen LogP contribution in [0.3, 0.4) is 0 Å². The molecule has 2 aromatic carbocycles. The Balaban J connectivity index is 1.51. The number of carbonyl (C=O) groups is 1.